The number of halogens is 3. The Hall–Kier alpha value is 0.0200. The Bertz CT molecular complexity index is 265. The van der Waals surface area contributed by atoms with Gasteiger partial charge in [-0.25, -0.2) is 0 Å². The standard InChI is InChI=1S/C11H19F3N2OS/c12-11(13,14)18-5-3-15-6-10-7-16-4-1-2-9(16)8-17-10/h9-10,15H,1-8H2. The van der Waals surface area contributed by atoms with Crippen LogP contribution in [0.4, 0.5) is 13.2 Å². The fourth-order valence-electron chi connectivity index (χ4n) is 2.51. The van der Waals surface area contributed by atoms with Gasteiger partial charge in [-0.3, -0.25) is 4.90 Å². The molecule has 0 saturated carbocycles. The summed E-state index contributed by atoms with van der Waals surface area (Å²) in [7, 11) is 0. The van der Waals surface area contributed by atoms with Gasteiger partial charge in [-0.15, -0.1) is 0 Å². The minimum absolute atomic E-state index is 0.0219. The molecule has 0 aromatic rings. The number of ether oxygens (including phenoxy) is 1. The first-order valence-corrected chi connectivity index (χ1v) is 7.30. The summed E-state index contributed by atoms with van der Waals surface area (Å²) in [5.41, 5.74) is -4.12. The van der Waals surface area contributed by atoms with Gasteiger partial charge in [0.15, 0.2) is 0 Å². The van der Waals surface area contributed by atoms with E-state index < -0.39 is 5.51 Å². The number of nitrogens with one attached hydrogen (secondary N) is 1. The number of hydrogen-bond acceptors (Lipinski definition) is 4. The molecule has 0 aromatic heterocycles. The summed E-state index contributed by atoms with van der Waals surface area (Å²) in [4.78, 5) is 2.43. The first kappa shape index (κ1) is 14.4. The van der Waals surface area contributed by atoms with Crippen LogP contribution in [-0.4, -0.2) is 61.1 Å². The highest BCUT2D eigenvalue weighted by Crippen LogP contribution is 2.29. The van der Waals surface area contributed by atoms with Crippen molar-refractivity contribution in [1.29, 1.82) is 0 Å². The fraction of sp³-hybridized carbons (Fsp3) is 1.00. The average Bonchev–Trinajstić information content (AvgIpc) is 2.74. The molecule has 2 saturated heterocycles. The van der Waals surface area contributed by atoms with Crippen LogP contribution in [0.1, 0.15) is 12.8 Å². The highest BCUT2D eigenvalue weighted by molar-refractivity contribution is 8.00. The largest absolute Gasteiger partial charge is 0.441 e. The molecule has 2 heterocycles. The van der Waals surface area contributed by atoms with E-state index in [9.17, 15) is 13.2 Å². The zero-order valence-electron chi connectivity index (χ0n) is 10.2. The molecule has 2 fully saturated rings. The summed E-state index contributed by atoms with van der Waals surface area (Å²) in [6.07, 6.45) is 2.56. The Morgan fingerprint density at radius 3 is 3.00 bits per heavy atom. The topological polar surface area (TPSA) is 24.5 Å². The third-order valence-corrected chi connectivity index (χ3v) is 4.11. The van der Waals surface area contributed by atoms with Gasteiger partial charge in [0.25, 0.3) is 0 Å². The normalized spacial score (nSPS) is 29.5. The van der Waals surface area contributed by atoms with Crippen LogP contribution in [0.25, 0.3) is 0 Å². The Kier molecular flexibility index (Phi) is 5.17. The zero-order valence-corrected chi connectivity index (χ0v) is 11.0. The van der Waals surface area contributed by atoms with Crippen molar-refractivity contribution in [2.24, 2.45) is 0 Å². The lowest BCUT2D eigenvalue weighted by Gasteiger charge is -2.35. The Balaban J connectivity index is 1.54. The highest BCUT2D eigenvalue weighted by atomic mass is 32.2. The molecule has 0 amide bonds. The molecule has 18 heavy (non-hydrogen) atoms. The van der Waals surface area contributed by atoms with E-state index in [1.165, 1.54) is 12.8 Å². The van der Waals surface area contributed by atoms with Crippen LogP contribution >= 0.6 is 11.8 Å². The van der Waals surface area contributed by atoms with Crippen LogP contribution in [0.2, 0.25) is 0 Å². The lowest BCUT2D eigenvalue weighted by molar-refractivity contribution is -0.0467. The monoisotopic (exact) mass is 284 g/mol. The maximum atomic E-state index is 11.9. The SMILES string of the molecule is FC(F)(F)SCCNCC1CN2CCCC2CO1. The van der Waals surface area contributed by atoms with Crippen LogP contribution in [0, 0.1) is 0 Å². The predicted molar refractivity (Wildman–Crippen MR) is 65.7 cm³/mol. The number of rotatable bonds is 5. The molecule has 2 aliphatic heterocycles. The molecule has 106 valence electrons. The van der Waals surface area contributed by atoms with Crippen molar-refractivity contribution in [2.75, 3.05) is 38.5 Å². The molecule has 0 aliphatic carbocycles. The molecular formula is C11H19F3N2OS. The summed E-state index contributed by atoms with van der Waals surface area (Å²) in [5, 5.41) is 3.04. The van der Waals surface area contributed by atoms with Crippen LogP contribution in [0.5, 0.6) is 0 Å². The Labute approximate surface area is 109 Å². The molecule has 2 rings (SSSR count). The zero-order chi connectivity index (χ0) is 13.0. The molecule has 0 bridgehead atoms. The average molecular weight is 284 g/mol. The third kappa shape index (κ3) is 4.60. The molecule has 1 N–H and O–H groups in total. The van der Waals surface area contributed by atoms with Gasteiger partial charge in [-0.1, -0.05) is 0 Å². The maximum Gasteiger partial charge on any atom is 0.441 e. The first-order chi connectivity index (χ1) is 8.54. The van der Waals surface area contributed by atoms with Crippen molar-refractivity contribution in [1.82, 2.24) is 10.2 Å². The van der Waals surface area contributed by atoms with E-state index in [-0.39, 0.29) is 23.6 Å². The molecule has 0 spiro atoms. The van der Waals surface area contributed by atoms with Crippen LogP contribution in [0.3, 0.4) is 0 Å². The molecular weight excluding hydrogens is 265 g/mol. The second kappa shape index (κ2) is 6.45. The van der Waals surface area contributed by atoms with E-state index in [0.29, 0.717) is 19.1 Å². The van der Waals surface area contributed by atoms with E-state index in [4.69, 9.17) is 4.74 Å². The van der Waals surface area contributed by atoms with Gasteiger partial charge in [0.2, 0.25) is 0 Å². The summed E-state index contributed by atoms with van der Waals surface area (Å²) < 4.78 is 41.4. The summed E-state index contributed by atoms with van der Waals surface area (Å²) in [5.74, 6) is 0.0581. The molecule has 0 aromatic carbocycles. The summed E-state index contributed by atoms with van der Waals surface area (Å²) >= 11 is 0.0219. The van der Waals surface area contributed by atoms with E-state index in [1.54, 1.807) is 0 Å². The molecule has 3 nitrogen and oxygen atoms in total. The number of nitrogens with zero attached hydrogens (tertiary/aromatic N) is 1. The lowest BCUT2D eigenvalue weighted by Crippen LogP contribution is -2.49. The predicted octanol–water partition coefficient (Wildman–Crippen LogP) is 1.69. The minimum Gasteiger partial charge on any atom is -0.374 e. The molecule has 2 aliphatic rings. The molecule has 2 unspecified atom stereocenters. The van der Waals surface area contributed by atoms with Crippen molar-refractivity contribution in [2.45, 2.75) is 30.5 Å². The van der Waals surface area contributed by atoms with Crippen LogP contribution in [0.15, 0.2) is 0 Å². The van der Waals surface area contributed by atoms with E-state index in [0.717, 1.165) is 19.7 Å². The number of morpholine rings is 1. The van der Waals surface area contributed by atoms with Crippen molar-refractivity contribution in [3.8, 4) is 0 Å². The first-order valence-electron chi connectivity index (χ1n) is 6.31. The van der Waals surface area contributed by atoms with Gasteiger partial charge >= 0.3 is 5.51 Å². The van der Waals surface area contributed by atoms with Gasteiger partial charge in [0.1, 0.15) is 0 Å². The number of fused-ring (bicyclic) bond motifs is 1. The fourth-order valence-corrected chi connectivity index (χ4v) is 2.99. The maximum absolute atomic E-state index is 11.9. The van der Waals surface area contributed by atoms with Gasteiger partial charge < -0.3 is 10.1 Å². The van der Waals surface area contributed by atoms with Crippen molar-refractivity contribution in [3.05, 3.63) is 0 Å². The van der Waals surface area contributed by atoms with Gasteiger partial charge in [0, 0.05) is 31.4 Å². The Morgan fingerprint density at radius 2 is 2.22 bits per heavy atom. The van der Waals surface area contributed by atoms with Gasteiger partial charge in [-0.05, 0) is 31.1 Å². The number of alkyl halides is 3. The quantitative estimate of drug-likeness (QED) is 0.777. The number of thioether (sulfide) groups is 1. The second-order valence-corrected chi connectivity index (χ2v) is 5.90. The number of hydrogen-bond donors (Lipinski definition) is 1. The van der Waals surface area contributed by atoms with E-state index in [1.807, 2.05) is 0 Å². The van der Waals surface area contributed by atoms with Crippen molar-refractivity contribution in [3.63, 3.8) is 0 Å². The van der Waals surface area contributed by atoms with Crippen LogP contribution < -0.4 is 5.32 Å². The van der Waals surface area contributed by atoms with Gasteiger partial charge in [-0.2, -0.15) is 13.2 Å². The summed E-state index contributed by atoms with van der Waals surface area (Å²) in [6, 6.07) is 0.571. The lowest BCUT2D eigenvalue weighted by atomic mass is 10.2. The molecule has 0 radical (unpaired) electrons. The third-order valence-electron chi connectivity index (χ3n) is 3.38. The molecule has 7 heteroatoms. The van der Waals surface area contributed by atoms with E-state index in [2.05, 4.69) is 10.2 Å². The van der Waals surface area contributed by atoms with Crippen molar-refractivity contribution >= 4 is 11.8 Å². The molecule has 2 atom stereocenters. The summed E-state index contributed by atoms with van der Waals surface area (Å²) in [6.45, 7) is 3.82. The smallest absolute Gasteiger partial charge is 0.374 e. The Morgan fingerprint density at radius 1 is 1.39 bits per heavy atom. The van der Waals surface area contributed by atoms with Gasteiger partial charge in [0.05, 0.1) is 12.7 Å². The second-order valence-electron chi connectivity index (χ2n) is 4.74. The van der Waals surface area contributed by atoms with E-state index >= 15 is 0 Å². The highest BCUT2D eigenvalue weighted by Gasteiger charge is 2.32. The van der Waals surface area contributed by atoms with Crippen molar-refractivity contribution < 1.29 is 17.9 Å². The van der Waals surface area contributed by atoms with Crippen LogP contribution in [-0.2, 0) is 4.74 Å². The minimum atomic E-state index is -4.12.